The van der Waals surface area contributed by atoms with Gasteiger partial charge >= 0.3 is 6.18 Å². The number of hydrogen-bond donors (Lipinski definition) is 1. The molecule has 0 spiro atoms. The Labute approximate surface area is 164 Å². The van der Waals surface area contributed by atoms with Gasteiger partial charge in [-0.2, -0.15) is 18.2 Å². The SMILES string of the molecule is CN1CCNCC1c1noc(-c2cn(-c3ccccc3C(F)(F)F)nn2)n1.Cl. The van der Waals surface area contributed by atoms with E-state index in [9.17, 15) is 13.2 Å². The molecule has 1 saturated heterocycles. The largest absolute Gasteiger partial charge is 0.418 e. The zero-order valence-electron chi connectivity index (χ0n) is 14.7. The van der Waals surface area contributed by atoms with Gasteiger partial charge < -0.3 is 9.84 Å². The van der Waals surface area contributed by atoms with Gasteiger partial charge in [0.1, 0.15) is 0 Å². The summed E-state index contributed by atoms with van der Waals surface area (Å²) in [4.78, 5) is 6.43. The zero-order valence-corrected chi connectivity index (χ0v) is 15.5. The monoisotopic (exact) mass is 415 g/mol. The number of benzene rings is 1. The number of alkyl halides is 3. The summed E-state index contributed by atoms with van der Waals surface area (Å²) in [5.74, 6) is 0.602. The van der Waals surface area contributed by atoms with E-state index in [-0.39, 0.29) is 35.7 Å². The van der Waals surface area contributed by atoms with E-state index in [1.54, 1.807) is 0 Å². The topological polar surface area (TPSA) is 84.9 Å². The summed E-state index contributed by atoms with van der Waals surface area (Å²) in [5.41, 5.74) is -0.723. The Morgan fingerprint density at radius 3 is 2.79 bits per heavy atom. The number of halogens is 4. The zero-order chi connectivity index (χ0) is 19.0. The molecule has 2 aromatic heterocycles. The van der Waals surface area contributed by atoms with Gasteiger partial charge in [0.05, 0.1) is 23.5 Å². The Hall–Kier alpha value is -2.50. The summed E-state index contributed by atoms with van der Waals surface area (Å²) in [5, 5.41) is 14.9. The number of para-hydroxylation sites is 1. The highest BCUT2D eigenvalue weighted by Gasteiger charge is 2.34. The van der Waals surface area contributed by atoms with Gasteiger partial charge in [0, 0.05) is 19.6 Å². The molecule has 1 aliphatic heterocycles. The van der Waals surface area contributed by atoms with Crippen molar-refractivity contribution in [3.63, 3.8) is 0 Å². The lowest BCUT2D eigenvalue weighted by Crippen LogP contribution is -2.44. The maximum atomic E-state index is 13.2. The van der Waals surface area contributed by atoms with Crippen LogP contribution in [0.5, 0.6) is 0 Å². The molecule has 1 fully saturated rings. The molecule has 4 rings (SSSR count). The first kappa shape index (κ1) is 20.2. The summed E-state index contributed by atoms with van der Waals surface area (Å²) >= 11 is 0. The van der Waals surface area contributed by atoms with Crippen LogP contribution in [0.25, 0.3) is 17.3 Å². The van der Waals surface area contributed by atoms with Crippen molar-refractivity contribution in [2.24, 2.45) is 0 Å². The minimum absolute atomic E-state index is 0. The first-order valence-electron chi connectivity index (χ1n) is 8.27. The molecule has 8 nitrogen and oxygen atoms in total. The van der Waals surface area contributed by atoms with Gasteiger partial charge in [-0.25, -0.2) is 4.68 Å². The summed E-state index contributed by atoms with van der Waals surface area (Å²) < 4.78 is 45.9. The molecule has 1 aromatic carbocycles. The normalized spacial score (nSPS) is 18.1. The number of aromatic nitrogens is 5. The third kappa shape index (κ3) is 3.86. The highest BCUT2D eigenvalue weighted by atomic mass is 35.5. The lowest BCUT2D eigenvalue weighted by molar-refractivity contribution is -0.137. The fraction of sp³-hybridized carbons (Fsp3) is 0.375. The Bertz CT molecular complexity index is 942. The molecule has 1 atom stereocenters. The molecule has 0 aliphatic carbocycles. The van der Waals surface area contributed by atoms with E-state index < -0.39 is 11.7 Å². The van der Waals surface area contributed by atoms with E-state index in [1.807, 2.05) is 7.05 Å². The van der Waals surface area contributed by atoms with E-state index in [1.165, 1.54) is 24.4 Å². The number of nitrogens with one attached hydrogen (secondary N) is 1. The first-order chi connectivity index (χ1) is 12.9. The summed E-state index contributed by atoms with van der Waals surface area (Å²) in [6.45, 7) is 2.41. The van der Waals surface area contributed by atoms with Crippen molar-refractivity contribution in [2.45, 2.75) is 12.2 Å². The van der Waals surface area contributed by atoms with E-state index in [2.05, 4.69) is 30.7 Å². The van der Waals surface area contributed by atoms with Gasteiger partial charge in [-0.15, -0.1) is 17.5 Å². The molecule has 0 radical (unpaired) electrons. The van der Waals surface area contributed by atoms with Crippen LogP contribution in [0.3, 0.4) is 0 Å². The van der Waals surface area contributed by atoms with Gasteiger partial charge in [0.2, 0.25) is 0 Å². The van der Waals surface area contributed by atoms with E-state index in [4.69, 9.17) is 4.52 Å². The maximum absolute atomic E-state index is 13.2. The van der Waals surface area contributed by atoms with Crippen molar-refractivity contribution in [3.05, 3.63) is 41.9 Å². The predicted octanol–water partition coefficient (Wildman–Crippen LogP) is 2.33. The molecule has 1 aliphatic rings. The molecule has 3 heterocycles. The van der Waals surface area contributed by atoms with Crippen molar-refractivity contribution < 1.29 is 17.7 Å². The van der Waals surface area contributed by atoms with Crippen molar-refractivity contribution in [3.8, 4) is 17.3 Å². The fourth-order valence-electron chi connectivity index (χ4n) is 2.96. The second-order valence-corrected chi connectivity index (χ2v) is 6.22. The van der Waals surface area contributed by atoms with Gasteiger partial charge in [0.25, 0.3) is 5.89 Å². The summed E-state index contributed by atoms with van der Waals surface area (Å²) in [6, 6.07) is 5.10. The number of nitrogens with zero attached hydrogens (tertiary/aromatic N) is 6. The Morgan fingerprint density at radius 1 is 1.25 bits per heavy atom. The number of piperazine rings is 1. The summed E-state index contributed by atoms with van der Waals surface area (Å²) in [7, 11) is 1.96. The summed E-state index contributed by atoms with van der Waals surface area (Å²) in [6.07, 6.45) is -3.16. The van der Waals surface area contributed by atoms with Crippen LogP contribution in [-0.2, 0) is 6.18 Å². The number of hydrogen-bond acceptors (Lipinski definition) is 7. The average molecular weight is 416 g/mol. The second kappa shape index (κ2) is 7.86. The molecule has 0 bridgehead atoms. The van der Waals surface area contributed by atoms with E-state index >= 15 is 0 Å². The smallest absolute Gasteiger partial charge is 0.332 e. The molecular weight excluding hydrogens is 399 g/mol. The molecule has 0 amide bonds. The maximum Gasteiger partial charge on any atom is 0.418 e. The molecule has 3 aromatic rings. The average Bonchev–Trinajstić information content (AvgIpc) is 3.31. The molecule has 150 valence electrons. The van der Waals surface area contributed by atoms with E-state index in [0.29, 0.717) is 12.4 Å². The standard InChI is InChI=1S/C16H16F3N7O.ClH/c1-25-7-6-20-8-13(25)14-21-15(27-23-14)11-9-26(24-22-11)12-5-3-2-4-10(12)16(17,18)19;/h2-5,9,13,20H,6-8H2,1H3;1H. The van der Waals surface area contributed by atoms with Crippen molar-refractivity contribution in [1.29, 1.82) is 0 Å². The molecule has 1 N–H and O–H groups in total. The highest BCUT2D eigenvalue weighted by molar-refractivity contribution is 5.85. The van der Waals surface area contributed by atoms with Crippen LogP contribution in [0.1, 0.15) is 17.4 Å². The second-order valence-electron chi connectivity index (χ2n) is 6.22. The van der Waals surface area contributed by atoms with Crippen LogP contribution in [0.4, 0.5) is 13.2 Å². The molecule has 28 heavy (non-hydrogen) atoms. The van der Waals surface area contributed by atoms with Crippen molar-refractivity contribution in [1.82, 2.24) is 35.4 Å². The first-order valence-corrected chi connectivity index (χ1v) is 8.27. The number of rotatable bonds is 3. The minimum atomic E-state index is -4.50. The predicted molar refractivity (Wildman–Crippen MR) is 95.1 cm³/mol. The van der Waals surface area contributed by atoms with Crippen LogP contribution in [0.15, 0.2) is 35.0 Å². The molecule has 0 saturated carbocycles. The van der Waals surface area contributed by atoms with Crippen LogP contribution in [-0.4, -0.2) is 56.7 Å². The quantitative estimate of drug-likeness (QED) is 0.702. The lowest BCUT2D eigenvalue weighted by atomic mass is 10.1. The Kier molecular flexibility index (Phi) is 5.68. The third-order valence-electron chi connectivity index (χ3n) is 4.42. The van der Waals surface area contributed by atoms with Gasteiger partial charge in [-0.1, -0.05) is 22.5 Å². The number of likely N-dealkylation sites (N-methyl/N-ethyl adjacent to an activating group) is 1. The van der Waals surface area contributed by atoms with Crippen LogP contribution < -0.4 is 5.32 Å². The van der Waals surface area contributed by atoms with Gasteiger partial charge in [-0.05, 0) is 19.2 Å². The third-order valence-corrected chi connectivity index (χ3v) is 4.42. The minimum Gasteiger partial charge on any atom is -0.332 e. The Balaban J connectivity index is 0.00000225. The van der Waals surface area contributed by atoms with Gasteiger partial charge in [-0.3, -0.25) is 4.90 Å². The van der Waals surface area contributed by atoms with Crippen LogP contribution >= 0.6 is 12.4 Å². The van der Waals surface area contributed by atoms with Crippen molar-refractivity contribution >= 4 is 12.4 Å². The van der Waals surface area contributed by atoms with Gasteiger partial charge in [0.15, 0.2) is 11.5 Å². The fourth-order valence-corrected chi connectivity index (χ4v) is 2.96. The molecule has 1 unspecified atom stereocenters. The molecule has 12 heteroatoms. The van der Waals surface area contributed by atoms with Crippen LogP contribution in [0, 0.1) is 0 Å². The lowest BCUT2D eigenvalue weighted by Gasteiger charge is -2.30. The molecular formula is C16H17ClF3N7O. The van der Waals surface area contributed by atoms with Crippen LogP contribution in [0.2, 0.25) is 0 Å². The highest BCUT2D eigenvalue weighted by Crippen LogP contribution is 2.33. The Morgan fingerprint density at radius 2 is 2.04 bits per heavy atom. The van der Waals surface area contributed by atoms with E-state index in [0.717, 1.165) is 23.8 Å². The van der Waals surface area contributed by atoms with Crippen molar-refractivity contribution in [2.75, 3.05) is 26.7 Å².